The standard InChI is InChI=1S/C12H9Cl2NO4S/c13-7-1-3-11(12(5-7)20(16,17)18)19-10-4-2-8(15)6-9(10)14/h1-6H,15H2,(H,16,17,18). The highest BCUT2D eigenvalue weighted by molar-refractivity contribution is 7.86. The monoisotopic (exact) mass is 333 g/mol. The third-order valence-corrected chi connectivity index (χ3v) is 3.76. The number of rotatable bonds is 3. The molecule has 106 valence electrons. The van der Waals surface area contributed by atoms with Crippen molar-refractivity contribution in [3.8, 4) is 11.5 Å². The van der Waals surface area contributed by atoms with Crippen molar-refractivity contribution in [2.24, 2.45) is 0 Å². The van der Waals surface area contributed by atoms with Crippen LogP contribution in [0.3, 0.4) is 0 Å². The fourth-order valence-corrected chi connectivity index (χ4v) is 2.59. The molecular formula is C12H9Cl2NO4S. The molecule has 0 aliphatic heterocycles. The van der Waals surface area contributed by atoms with Gasteiger partial charge in [0.25, 0.3) is 10.1 Å². The van der Waals surface area contributed by atoms with E-state index in [1.54, 1.807) is 6.07 Å². The third-order valence-electron chi connectivity index (χ3n) is 2.36. The van der Waals surface area contributed by atoms with Gasteiger partial charge in [-0.15, -0.1) is 0 Å². The summed E-state index contributed by atoms with van der Waals surface area (Å²) in [4.78, 5) is -0.446. The van der Waals surface area contributed by atoms with Crippen molar-refractivity contribution in [2.45, 2.75) is 4.90 Å². The summed E-state index contributed by atoms with van der Waals surface area (Å²) < 4.78 is 37.2. The first-order chi connectivity index (χ1) is 9.27. The Morgan fingerprint density at radius 2 is 1.70 bits per heavy atom. The number of nitrogen functional groups attached to an aromatic ring is 1. The van der Waals surface area contributed by atoms with Gasteiger partial charge < -0.3 is 10.5 Å². The molecule has 0 radical (unpaired) electrons. The van der Waals surface area contributed by atoms with Crippen LogP contribution in [0.25, 0.3) is 0 Å². The number of benzene rings is 2. The Hall–Kier alpha value is -1.47. The molecule has 0 atom stereocenters. The van der Waals surface area contributed by atoms with Gasteiger partial charge >= 0.3 is 0 Å². The van der Waals surface area contributed by atoms with Crippen LogP contribution in [-0.2, 0) is 10.1 Å². The van der Waals surface area contributed by atoms with Gasteiger partial charge in [0.2, 0.25) is 0 Å². The van der Waals surface area contributed by atoms with Gasteiger partial charge in [-0.25, -0.2) is 0 Å². The first kappa shape index (κ1) is 14.9. The van der Waals surface area contributed by atoms with Crippen molar-refractivity contribution < 1.29 is 17.7 Å². The number of hydrogen-bond donors (Lipinski definition) is 2. The van der Waals surface area contributed by atoms with Crippen LogP contribution in [-0.4, -0.2) is 13.0 Å². The molecule has 0 bridgehead atoms. The summed E-state index contributed by atoms with van der Waals surface area (Å²) in [7, 11) is -4.47. The zero-order valence-electron chi connectivity index (χ0n) is 9.88. The molecule has 0 spiro atoms. The van der Waals surface area contributed by atoms with E-state index in [0.717, 1.165) is 6.07 Å². The molecule has 2 aromatic rings. The van der Waals surface area contributed by atoms with Gasteiger partial charge in [-0.3, -0.25) is 4.55 Å². The highest BCUT2D eigenvalue weighted by atomic mass is 35.5. The second kappa shape index (κ2) is 5.49. The highest BCUT2D eigenvalue weighted by Gasteiger charge is 2.18. The van der Waals surface area contributed by atoms with E-state index in [2.05, 4.69) is 0 Å². The third kappa shape index (κ3) is 3.34. The SMILES string of the molecule is Nc1ccc(Oc2ccc(Cl)cc2S(=O)(=O)O)c(Cl)c1. The van der Waals surface area contributed by atoms with E-state index in [9.17, 15) is 8.42 Å². The molecular weight excluding hydrogens is 325 g/mol. The smallest absolute Gasteiger partial charge is 0.298 e. The van der Waals surface area contributed by atoms with Crippen molar-refractivity contribution in [1.29, 1.82) is 0 Å². The second-order valence-electron chi connectivity index (χ2n) is 3.86. The predicted octanol–water partition coefficient (Wildman–Crippen LogP) is 3.61. The molecule has 0 aromatic heterocycles. The predicted molar refractivity (Wildman–Crippen MR) is 77.2 cm³/mol. The van der Waals surface area contributed by atoms with E-state index in [1.807, 2.05) is 0 Å². The Balaban J connectivity index is 2.49. The van der Waals surface area contributed by atoms with Crippen LogP contribution in [0.15, 0.2) is 41.3 Å². The van der Waals surface area contributed by atoms with E-state index < -0.39 is 15.0 Å². The number of hydrogen-bond acceptors (Lipinski definition) is 4. The van der Waals surface area contributed by atoms with Crippen molar-refractivity contribution in [2.75, 3.05) is 5.73 Å². The van der Waals surface area contributed by atoms with Crippen LogP contribution in [0.1, 0.15) is 0 Å². The van der Waals surface area contributed by atoms with E-state index >= 15 is 0 Å². The zero-order valence-corrected chi connectivity index (χ0v) is 12.2. The summed E-state index contributed by atoms with van der Waals surface area (Å²) >= 11 is 11.6. The zero-order chi connectivity index (χ0) is 14.9. The van der Waals surface area contributed by atoms with Gasteiger partial charge in [0.05, 0.1) is 5.02 Å². The van der Waals surface area contributed by atoms with Crippen molar-refractivity contribution in [3.05, 3.63) is 46.4 Å². The summed E-state index contributed by atoms with van der Waals surface area (Å²) in [6, 6.07) is 8.32. The lowest BCUT2D eigenvalue weighted by Crippen LogP contribution is -2.01. The van der Waals surface area contributed by atoms with E-state index in [0.29, 0.717) is 5.69 Å². The topological polar surface area (TPSA) is 89.6 Å². The molecule has 0 heterocycles. The van der Waals surface area contributed by atoms with Crippen LogP contribution in [0.2, 0.25) is 10.0 Å². The maximum atomic E-state index is 11.3. The van der Waals surface area contributed by atoms with Gasteiger partial charge in [0, 0.05) is 10.7 Å². The molecule has 8 heteroatoms. The molecule has 0 unspecified atom stereocenters. The number of ether oxygens (including phenoxy) is 1. The Morgan fingerprint density at radius 3 is 2.30 bits per heavy atom. The Kier molecular flexibility index (Phi) is 4.10. The average Bonchev–Trinajstić information content (AvgIpc) is 2.33. The number of halogens is 2. The molecule has 20 heavy (non-hydrogen) atoms. The quantitative estimate of drug-likeness (QED) is 0.661. The van der Waals surface area contributed by atoms with Crippen LogP contribution in [0.5, 0.6) is 11.5 Å². The molecule has 2 aromatic carbocycles. The van der Waals surface area contributed by atoms with Crippen molar-refractivity contribution in [3.63, 3.8) is 0 Å². The molecule has 2 rings (SSSR count). The Morgan fingerprint density at radius 1 is 1.05 bits per heavy atom. The fourth-order valence-electron chi connectivity index (χ4n) is 1.49. The summed E-state index contributed by atoms with van der Waals surface area (Å²) in [6.45, 7) is 0. The van der Waals surface area contributed by atoms with Gasteiger partial charge in [0.15, 0.2) is 0 Å². The largest absolute Gasteiger partial charge is 0.454 e. The average molecular weight is 334 g/mol. The molecule has 3 N–H and O–H groups in total. The highest BCUT2D eigenvalue weighted by Crippen LogP contribution is 2.35. The maximum absolute atomic E-state index is 11.3. The van der Waals surface area contributed by atoms with Gasteiger partial charge in [-0.2, -0.15) is 8.42 Å². The van der Waals surface area contributed by atoms with Crippen molar-refractivity contribution >= 4 is 39.0 Å². The molecule has 5 nitrogen and oxygen atoms in total. The molecule has 0 saturated heterocycles. The van der Waals surface area contributed by atoms with Crippen LogP contribution in [0, 0.1) is 0 Å². The summed E-state index contributed by atoms with van der Waals surface area (Å²) in [6.07, 6.45) is 0. The Bertz CT molecular complexity index is 762. The number of anilines is 1. The molecule has 0 aliphatic rings. The first-order valence-electron chi connectivity index (χ1n) is 5.27. The normalized spacial score (nSPS) is 11.3. The minimum Gasteiger partial charge on any atom is -0.454 e. The summed E-state index contributed by atoms with van der Waals surface area (Å²) in [5, 5.41) is 0.356. The van der Waals surface area contributed by atoms with E-state index in [-0.39, 0.29) is 21.5 Å². The first-order valence-corrected chi connectivity index (χ1v) is 7.47. The molecule has 0 amide bonds. The summed E-state index contributed by atoms with van der Waals surface area (Å²) in [5.41, 5.74) is 5.98. The van der Waals surface area contributed by atoms with Gasteiger partial charge in [-0.05, 0) is 36.4 Å². The van der Waals surface area contributed by atoms with Gasteiger partial charge in [-0.1, -0.05) is 23.2 Å². The van der Waals surface area contributed by atoms with Gasteiger partial charge in [0.1, 0.15) is 16.4 Å². The van der Waals surface area contributed by atoms with Crippen LogP contribution < -0.4 is 10.5 Å². The minimum absolute atomic E-state index is 0.0939. The lowest BCUT2D eigenvalue weighted by molar-refractivity contribution is 0.450. The second-order valence-corrected chi connectivity index (χ2v) is 6.09. The maximum Gasteiger partial charge on any atom is 0.298 e. The fraction of sp³-hybridized carbons (Fsp3) is 0. The van der Waals surface area contributed by atoms with Crippen molar-refractivity contribution in [1.82, 2.24) is 0 Å². The van der Waals surface area contributed by atoms with E-state index in [1.165, 1.54) is 24.3 Å². The number of nitrogens with two attached hydrogens (primary N) is 1. The van der Waals surface area contributed by atoms with Crippen LogP contribution in [0.4, 0.5) is 5.69 Å². The Labute approximate surface area is 125 Å². The van der Waals surface area contributed by atoms with Crippen LogP contribution >= 0.6 is 23.2 Å². The lowest BCUT2D eigenvalue weighted by atomic mass is 10.3. The lowest BCUT2D eigenvalue weighted by Gasteiger charge is -2.11. The molecule has 0 saturated carbocycles. The molecule has 0 fully saturated rings. The molecule has 0 aliphatic carbocycles. The minimum atomic E-state index is -4.47. The van der Waals surface area contributed by atoms with E-state index in [4.69, 9.17) is 38.2 Å². The summed E-state index contributed by atoms with van der Waals surface area (Å²) in [5.74, 6) is 0.108.